The summed E-state index contributed by atoms with van der Waals surface area (Å²) in [6.45, 7) is 2.22. The lowest BCUT2D eigenvalue weighted by Crippen LogP contribution is -2.24. The van der Waals surface area contributed by atoms with Gasteiger partial charge < -0.3 is 0 Å². The molecule has 0 heterocycles. The monoisotopic (exact) mass is 266 g/mol. The number of hydrogen-bond acceptors (Lipinski definition) is 1. The number of halogens is 1. The Kier molecular flexibility index (Phi) is 3.82. The number of alkyl halides is 1. The molecule has 0 amide bonds. The van der Waals surface area contributed by atoms with Crippen LogP contribution in [-0.4, -0.2) is 9.71 Å². The quantitative estimate of drug-likeness (QED) is 0.554. The molecule has 0 bridgehead atoms. The Labute approximate surface area is 82.1 Å². The third-order valence-electron chi connectivity index (χ3n) is 2.39. The Morgan fingerprint density at radius 3 is 2.91 bits per heavy atom. The molecule has 64 valence electrons. The summed E-state index contributed by atoms with van der Waals surface area (Å²) in [4.78, 5) is 11.0. The van der Waals surface area contributed by atoms with Crippen molar-refractivity contribution in [3.8, 4) is 0 Å². The van der Waals surface area contributed by atoms with Gasteiger partial charge in [0.15, 0.2) is 0 Å². The zero-order valence-corrected chi connectivity index (χ0v) is 9.13. The molecule has 0 aromatic carbocycles. The number of carbonyl (C=O) groups is 1. The molecule has 0 saturated heterocycles. The zero-order valence-electron chi connectivity index (χ0n) is 6.98. The fourth-order valence-electron chi connectivity index (χ4n) is 1.71. The van der Waals surface area contributed by atoms with Crippen molar-refractivity contribution in [3.63, 3.8) is 0 Å². The van der Waals surface area contributed by atoms with Crippen molar-refractivity contribution in [1.29, 1.82) is 0 Å². The molecule has 1 saturated carbocycles. The van der Waals surface area contributed by atoms with E-state index in [1.807, 2.05) is 0 Å². The summed E-state index contributed by atoms with van der Waals surface area (Å²) >= 11 is 2.44. The van der Waals surface area contributed by atoms with Gasteiger partial charge in [0, 0.05) is 16.8 Å². The molecular weight excluding hydrogens is 251 g/mol. The van der Waals surface area contributed by atoms with Gasteiger partial charge in [-0.2, -0.15) is 0 Å². The van der Waals surface area contributed by atoms with E-state index >= 15 is 0 Å². The van der Waals surface area contributed by atoms with Crippen LogP contribution >= 0.6 is 22.6 Å². The first-order valence-electron chi connectivity index (χ1n) is 4.39. The Morgan fingerprint density at radius 1 is 1.64 bits per heavy atom. The molecule has 1 nitrogen and oxygen atoms in total. The minimum atomic E-state index is 0.469. The summed E-state index contributed by atoms with van der Waals surface area (Å²) in [7, 11) is 0. The fourth-order valence-corrected chi connectivity index (χ4v) is 2.92. The van der Waals surface area contributed by atoms with Crippen LogP contribution in [0.15, 0.2) is 0 Å². The van der Waals surface area contributed by atoms with Gasteiger partial charge in [-0.15, -0.1) is 0 Å². The Morgan fingerprint density at radius 2 is 2.36 bits per heavy atom. The number of carbonyl (C=O) groups excluding carboxylic acids is 1. The lowest BCUT2D eigenvalue weighted by Gasteiger charge is -2.25. The van der Waals surface area contributed by atoms with Crippen LogP contribution in [0.3, 0.4) is 0 Å². The average molecular weight is 266 g/mol. The molecule has 0 aromatic rings. The molecule has 2 atom stereocenters. The first-order chi connectivity index (χ1) is 5.24. The highest BCUT2D eigenvalue weighted by molar-refractivity contribution is 14.1. The molecule has 0 N–H and O–H groups in total. The van der Waals surface area contributed by atoms with Gasteiger partial charge in [0.25, 0.3) is 0 Å². The maximum absolute atomic E-state index is 11.0. The van der Waals surface area contributed by atoms with Crippen molar-refractivity contribution >= 4 is 28.4 Å². The molecule has 1 aliphatic carbocycles. The smallest absolute Gasteiger partial charge is 0.133 e. The molecule has 2 unspecified atom stereocenters. The van der Waals surface area contributed by atoms with Gasteiger partial charge in [0.1, 0.15) is 5.78 Å². The van der Waals surface area contributed by atoms with Crippen molar-refractivity contribution in [2.75, 3.05) is 0 Å². The second-order valence-corrected chi connectivity index (χ2v) is 4.95. The van der Waals surface area contributed by atoms with Crippen molar-refractivity contribution < 1.29 is 4.79 Å². The normalized spacial score (nSPS) is 32.4. The zero-order chi connectivity index (χ0) is 8.27. The van der Waals surface area contributed by atoms with Crippen LogP contribution in [0.4, 0.5) is 0 Å². The predicted molar refractivity (Wildman–Crippen MR) is 55.1 cm³/mol. The fraction of sp³-hybridized carbons (Fsp3) is 0.889. The van der Waals surface area contributed by atoms with E-state index in [1.165, 1.54) is 12.8 Å². The minimum Gasteiger partial charge on any atom is -0.300 e. The van der Waals surface area contributed by atoms with E-state index in [9.17, 15) is 4.79 Å². The first kappa shape index (κ1) is 9.49. The van der Waals surface area contributed by atoms with E-state index in [0.29, 0.717) is 9.71 Å². The van der Waals surface area contributed by atoms with Crippen molar-refractivity contribution in [2.24, 2.45) is 5.92 Å². The summed E-state index contributed by atoms with van der Waals surface area (Å²) < 4.78 is 0.619. The minimum absolute atomic E-state index is 0.469. The van der Waals surface area contributed by atoms with E-state index in [4.69, 9.17) is 0 Å². The summed E-state index contributed by atoms with van der Waals surface area (Å²) in [6.07, 6.45) is 5.37. The second kappa shape index (κ2) is 4.43. The largest absolute Gasteiger partial charge is 0.300 e. The lowest BCUT2D eigenvalue weighted by molar-refractivity contribution is -0.120. The Hall–Kier alpha value is 0.400. The lowest BCUT2D eigenvalue weighted by atomic mass is 9.85. The van der Waals surface area contributed by atoms with Gasteiger partial charge in [-0.25, -0.2) is 0 Å². The second-order valence-electron chi connectivity index (χ2n) is 3.35. The van der Waals surface area contributed by atoms with Crippen LogP contribution in [0.2, 0.25) is 0 Å². The van der Waals surface area contributed by atoms with Crippen LogP contribution < -0.4 is 0 Å². The molecule has 11 heavy (non-hydrogen) atoms. The summed E-state index contributed by atoms with van der Waals surface area (Å²) in [5.41, 5.74) is 0. The van der Waals surface area contributed by atoms with Crippen LogP contribution in [0.25, 0.3) is 0 Å². The van der Waals surface area contributed by atoms with Crippen molar-refractivity contribution in [1.82, 2.24) is 0 Å². The highest BCUT2D eigenvalue weighted by Crippen LogP contribution is 2.31. The van der Waals surface area contributed by atoms with Crippen LogP contribution in [0.1, 0.15) is 39.0 Å². The maximum Gasteiger partial charge on any atom is 0.133 e. The molecule has 1 aliphatic rings. The van der Waals surface area contributed by atoms with E-state index in [-0.39, 0.29) is 0 Å². The summed E-state index contributed by atoms with van der Waals surface area (Å²) in [5, 5.41) is 0. The molecule has 0 radical (unpaired) electrons. The summed E-state index contributed by atoms with van der Waals surface area (Å²) in [6, 6.07) is 0. The van der Waals surface area contributed by atoms with Crippen molar-refractivity contribution in [3.05, 3.63) is 0 Å². The SMILES string of the molecule is CCCC1CCC(=O)CC1I. The molecule has 2 heteroatoms. The number of ketones is 1. The molecule has 1 fully saturated rings. The van der Waals surface area contributed by atoms with E-state index < -0.39 is 0 Å². The van der Waals surface area contributed by atoms with Crippen LogP contribution in [-0.2, 0) is 4.79 Å². The summed E-state index contributed by atoms with van der Waals surface area (Å²) in [5.74, 6) is 1.29. The Bertz CT molecular complexity index is 144. The molecular formula is C9H15IO. The van der Waals surface area contributed by atoms with Crippen LogP contribution in [0, 0.1) is 5.92 Å². The highest BCUT2D eigenvalue weighted by atomic mass is 127. The maximum atomic E-state index is 11.0. The van der Waals surface area contributed by atoms with E-state index in [2.05, 4.69) is 29.5 Å². The number of rotatable bonds is 2. The van der Waals surface area contributed by atoms with Gasteiger partial charge in [0.2, 0.25) is 0 Å². The molecule has 0 aromatic heterocycles. The molecule has 0 aliphatic heterocycles. The van der Waals surface area contributed by atoms with Gasteiger partial charge in [-0.05, 0) is 18.8 Å². The Balaban J connectivity index is 2.37. The molecule has 0 spiro atoms. The van der Waals surface area contributed by atoms with E-state index in [1.54, 1.807) is 0 Å². The van der Waals surface area contributed by atoms with Crippen LogP contribution in [0.5, 0.6) is 0 Å². The number of hydrogen-bond donors (Lipinski definition) is 0. The third kappa shape index (κ3) is 2.73. The standard InChI is InChI=1S/C9H15IO/c1-2-3-7-4-5-8(11)6-9(7)10/h7,9H,2-6H2,1H3. The molecule has 1 rings (SSSR count). The third-order valence-corrected chi connectivity index (χ3v) is 3.85. The topological polar surface area (TPSA) is 17.1 Å². The predicted octanol–water partition coefficient (Wildman–Crippen LogP) is 2.96. The average Bonchev–Trinajstić information content (AvgIpc) is 1.95. The van der Waals surface area contributed by atoms with Gasteiger partial charge >= 0.3 is 0 Å². The van der Waals surface area contributed by atoms with Gasteiger partial charge in [-0.3, -0.25) is 4.79 Å². The van der Waals surface area contributed by atoms with Gasteiger partial charge in [-0.1, -0.05) is 35.9 Å². The van der Waals surface area contributed by atoms with Gasteiger partial charge in [0.05, 0.1) is 0 Å². The number of Topliss-reactive ketones (excluding diaryl/α,β-unsaturated/α-hetero) is 1. The highest BCUT2D eigenvalue weighted by Gasteiger charge is 2.25. The van der Waals surface area contributed by atoms with E-state index in [0.717, 1.165) is 25.2 Å². The first-order valence-corrected chi connectivity index (χ1v) is 5.64. The van der Waals surface area contributed by atoms with Crippen molar-refractivity contribution in [2.45, 2.75) is 43.0 Å².